The van der Waals surface area contributed by atoms with E-state index in [4.69, 9.17) is 14.2 Å². The van der Waals surface area contributed by atoms with Crippen LogP contribution in [0.2, 0.25) is 18.6 Å². The van der Waals surface area contributed by atoms with E-state index < -0.39 is 44.7 Å². The Morgan fingerprint density at radius 1 is 0.846 bits per heavy atom. The Kier molecular flexibility index (Phi) is 13.3. The number of aliphatic hydroxyl groups is 5. The van der Waals surface area contributed by atoms with Gasteiger partial charge in [0.25, 0.3) is 5.91 Å². The lowest BCUT2D eigenvalue weighted by Crippen LogP contribution is -2.60. The molecule has 0 unspecified atom stereocenters. The number of carbonyl (C=O) groups excluding carboxylic acids is 2. The number of aliphatic hydroxyl groups excluding tert-OH is 5. The van der Waals surface area contributed by atoms with Crippen molar-refractivity contribution >= 4 is 30.8 Å². The highest BCUT2D eigenvalue weighted by molar-refractivity contribution is 6.91. The van der Waals surface area contributed by atoms with Crippen molar-refractivity contribution in [1.82, 2.24) is 4.90 Å². The highest BCUT2D eigenvalue weighted by Crippen LogP contribution is 2.46. The summed E-state index contributed by atoms with van der Waals surface area (Å²) in [5.74, 6) is 0.128. The number of nitrogens with zero attached hydrogens (tertiary/aromatic N) is 1. The molecule has 3 aromatic rings. The van der Waals surface area contributed by atoms with E-state index in [1.54, 1.807) is 24.1 Å². The molecule has 0 bridgehead atoms. The van der Waals surface area contributed by atoms with Crippen molar-refractivity contribution < 1.29 is 49.3 Å². The molecule has 2 aliphatic rings. The zero-order valence-corrected chi connectivity index (χ0v) is 31.2. The Hall–Kier alpha value is -3.66. The van der Waals surface area contributed by atoms with Gasteiger partial charge < -0.3 is 50.0 Å². The van der Waals surface area contributed by atoms with Crippen molar-refractivity contribution in [1.29, 1.82) is 0 Å². The minimum Gasteiger partial charge on any atom is -0.497 e. The summed E-state index contributed by atoms with van der Waals surface area (Å²) >= 11 is 0. The first-order valence-electron chi connectivity index (χ1n) is 17.8. The second kappa shape index (κ2) is 17.4. The smallest absolute Gasteiger partial charge is 0.256 e. The molecule has 5 rings (SSSR count). The predicted octanol–water partition coefficient (Wildman–Crippen LogP) is 2.17. The van der Waals surface area contributed by atoms with Crippen molar-refractivity contribution in [2.45, 2.75) is 94.3 Å². The van der Waals surface area contributed by atoms with Crippen LogP contribution in [0.15, 0.2) is 78.9 Å². The van der Waals surface area contributed by atoms with Gasteiger partial charge in [0.2, 0.25) is 5.91 Å². The van der Waals surface area contributed by atoms with E-state index in [2.05, 4.69) is 37.5 Å². The first-order chi connectivity index (χ1) is 24.8. The number of ether oxygens (including phenoxy) is 3. The monoisotopic (exact) mass is 736 g/mol. The first kappa shape index (κ1) is 39.5. The van der Waals surface area contributed by atoms with Gasteiger partial charge in [0.05, 0.1) is 40.4 Å². The van der Waals surface area contributed by atoms with Gasteiger partial charge in [0, 0.05) is 18.8 Å². The number of amides is 2. The lowest BCUT2D eigenvalue weighted by Gasteiger charge is -2.37. The topological polar surface area (TPSA) is 178 Å². The van der Waals surface area contributed by atoms with Crippen LogP contribution in [0.3, 0.4) is 0 Å². The van der Waals surface area contributed by atoms with Gasteiger partial charge in [-0.05, 0) is 59.7 Å². The molecule has 0 spiro atoms. The van der Waals surface area contributed by atoms with E-state index in [1.165, 1.54) is 5.19 Å². The molecule has 0 aliphatic carbocycles. The number of hydrogen-bond donors (Lipinski definition) is 6. The fraction of sp³-hybridized carbons (Fsp3) is 0.487. The quantitative estimate of drug-likeness (QED) is 0.135. The number of aryl methyl sites for hydroxylation is 1. The fourth-order valence-corrected chi connectivity index (χ4v) is 11.8. The van der Waals surface area contributed by atoms with Crippen molar-refractivity contribution in [3.05, 3.63) is 90.0 Å². The van der Waals surface area contributed by atoms with Gasteiger partial charge >= 0.3 is 0 Å². The van der Waals surface area contributed by atoms with Crippen LogP contribution in [-0.4, -0.2) is 113 Å². The molecule has 6 N–H and O–H groups in total. The van der Waals surface area contributed by atoms with Gasteiger partial charge in [0.1, 0.15) is 24.1 Å². The maximum absolute atomic E-state index is 13.9. The molecule has 52 heavy (non-hydrogen) atoms. The molecule has 9 atom stereocenters. The van der Waals surface area contributed by atoms with Crippen LogP contribution < -0.4 is 15.2 Å². The maximum Gasteiger partial charge on any atom is 0.256 e. The fourth-order valence-electron chi connectivity index (χ4n) is 7.72. The maximum atomic E-state index is 13.9. The number of rotatable bonds is 14. The largest absolute Gasteiger partial charge is 0.497 e. The summed E-state index contributed by atoms with van der Waals surface area (Å²) in [5.41, 5.74) is 2.57. The Bertz CT molecular complexity index is 1610. The lowest BCUT2D eigenvalue weighted by molar-refractivity contribution is -0.274. The Morgan fingerprint density at radius 2 is 1.52 bits per heavy atom. The highest BCUT2D eigenvalue weighted by Gasteiger charge is 2.51. The van der Waals surface area contributed by atoms with Crippen LogP contribution in [0.5, 0.6) is 5.75 Å². The number of anilines is 1. The van der Waals surface area contributed by atoms with Crippen LogP contribution in [-0.2, 0) is 32.0 Å². The molecule has 2 saturated heterocycles. The third-order valence-electron chi connectivity index (χ3n) is 10.7. The summed E-state index contributed by atoms with van der Waals surface area (Å²) in [7, 11) is -0.573. The Morgan fingerprint density at radius 3 is 2.15 bits per heavy atom. The summed E-state index contributed by atoms with van der Waals surface area (Å²) in [6, 6.07) is 25.2. The number of hydrogen-bond acceptors (Lipinski definition) is 10. The number of benzene rings is 3. The van der Waals surface area contributed by atoms with Gasteiger partial charge in [-0.15, -0.1) is 0 Å². The second-order valence-electron chi connectivity index (χ2n) is 14.4. The van der Waals surface area contributed by atoms with Gasteiger partial charge in [-0.25, -0.2) is 0 Å². The van der Waals surface area contributed by atoms with Crippen LogP contribution in [0, 0.1) is 5.92 Å². The summed E-state index contributed by atoms with van der Waals surface area (Å²) in [5, 5.41) is 53.3. The SMILES string of the molecule is COc1ccc([Si](C)(C)[C@H]2[C@H](C)[C@H](CCc3ccc(NC(=O)[C@H]4O[C@@H](O)[C@H](O)[C@@H](O)[C@@H]4O)cc3)O[C@@H]2CC(=O)N(CCO)Cc2ccccc2)cc1. The molecule has 2 aliphatic heterocycles. The molecule has 2 fully saturated rings. The van der Waals surface area contributed by atoms with E-state index in [0.29, 0.717) is 25.1 Å². The normalized spacial score (nSPS) is 27.6. The molecular formula is C39H52N2O10Si. The molecule has 0 saturated carbocycles. The lowest BCUT2D eigenvalue weighted by atomic mass is 9.95. The van der Waals surface area contributed by atoms with Gasteiger partial charge in [-0.3, -0.25) is 9.59 Å². The van der Waals surface area contributed by atoms with Crippen molar-refractivity contribution in [3.63, 3.8) is 0 Å². The van der Waals surface area contributed by atoms with E-state index in [1.807, 2.05) is 54.6 Å². The average Bonchev–Trinajstić information content (AvgIpc) is 3.46. The first-order valence-corrected chi connectivity index (χ1v) is 20.9. The van der Waals surface area contributed by atoms with Gasteiger partial charge in [-0.2, -0.15) is 0 Å². The zero-order chi connectivity index (χ0) is 37.6. The number of nitrogens with one attached hydrogen (secondary N) is 1. The number of methoxy groups -OCH3 is 1. The molecular weight excluding hydrogens is 685 g/mol. The van der Waals surface area contributed by atoms with Crippen LogP contribution in [0.1, 0.15) is 30.9 Å². The molecule has 3 aromatic carbocycles. The van der Waals surface area contributed by atoms with Gasteiger partial charge in [0.15, 0.2) is 12.4 Å². The zero-order valence-electron chi connectivity index (χ0n) is 30.2. The minimum atomic E-state index is -2.22. The molecule has 0 radical (unpaired) electrons. The molecule has 0 aromatic heterocycles. The minimum absolute atomic E-state index is 0.0516. The number of carbonyl (C=O) groups is 2. The third kappa shape index (κ3) is 9.09. The third-order valence-corrected chi connectivity index (χ3v) is 15.1. The Balaban J connectivity index is 1.28. The Labute approximate surface area is 306 Å². The highest BCUT2D eigenvalue weighted by atomic mass is 28.3. The van der Waals surface area contributed by atoms with E-state index >= 15 is 0 Å². The van der Waals surface area contributed by atoms with E-state index in [9.17, 15) is 35.1 Å². The van der Waals surface area contributed by atoms with Crippen LogP contribution in [0.4, 0.5) is 5.69 Å². The predicted molar refractivity (Wildman–Crippen MR) is 198 cm³/mol. The summed E-state index contributed by atoms with van der Waals surface area (Å²) in [6.45, 7) is 7.41. The summed E-state index contributed by atoms with van der Waals surface area (Å²) in [4.78, 5) is 28.4. The van der Waals surface area contributed by atoms with Gasteiger partial charge in [-0.1, -0.05) is 79.8 Å². The summed E-state index contributed by atoms with van der Waals surface area (Å²) in [6.07, 6.45) is -7.36. The van der Waals surface area contributed by atoms with Crippen molar-refractivity contribution in [2.24, 2.45) is 5.92 Å². The molecule has 13 heteroatoms. The summed E-state index contributed by atoms with van der Waals surface area (Å²) < 4.78 is 17.3. The van der Waals surface area contributed by atoms with Crippen LogP contribution in [0.25, 0.3) is 0 Å². The average molecular weight is 737 g/mol. The second-order valence-corrected chi connectivity index (χ2v) is 19.1. The molecule has 12 nitrogen and oxygen atoms in total. The molecule has 2 heterocycles. The standard InChI is InChI=1S/C39H52N2O10Si/c1-24-30(19-12-25-10-13-27(14-11-25)40-38(47)36-34(45)33(44)35(46)39(48)51-36)50-31(37(24)52(3,4)29-17-15-28(49-2)16-18-29)22-32(43)41(20-21-42)23-26-8-6-5-7-9-26/h5-11,13-18,24,30-31,33-37,39,42,44-46,48H,12,19-23H2,1-4H3,(H,40,47)/t24-,30+,31-,33+,34+,35-,36+,37+,39-/m1/s1. The van der Waals surface area contributed by atoms with Crippen LogP contribution >= 0.6 is 0 Å². The van der Waals surface area contributed by atoms with Crippen molar-refractivity contribution in [2.75, 3.05) is 25.6 Å². The molecule has 2 amide bonds. The van der Waals surface area contributed by atoms with Crippen molar-refractivity contribution in [3.8, 4) is 5.75 Å². The van der Waals surface area contributed by atoms with E-state index in [-0.39, 0.29) is 49.1 Å². The van der Waals surface area contributed by atoms with E-state index in [0.717, 1.165) is 16.9 Å². The molecule has 282 valence electrons.